The van der Waals surface area contributed by atoms with Crippen molar-refractivity contribution in [3.8, 4) is 0 Å². The summed E-state index contributed by atoms with van der Waals surface area (Å²) in [5.41, 5.74) is 0.288. The van der Waals surface area contributed by atoms with E-state index in [-0.39, 0.29) is 29.5 Å². The van der Waals surface area contributed by atoms with Crippen molar-refractivity contribution >= 4 is 29.9 Å². The van der Waals surface area contributed by atoms with Gasteiger partial charge < -0.3 is 15.5 Å². The largest absolute Gasteiger partial charge is 0.356 e. The lowest BCUT2D eigenvalue weighted by molar-refractivity contribution is 0.0173. The zero-order valence-corrected chi connectivity index (χ0v) is 22.9. The summed E-state index contributed by atoms with van der Waals surface area (Å²) in [6, 6.07) is 1.20. The SMILES string of the molecule is CN=C(NCCCN(C(C)C)C(C)C)NCC1(N2CCCCC2)CCN(C)CC1.I. The first-order chi connectivity index (χ1) is 13.9. The Bertz CT molecular complexity index is 474. The average Bonchev–Trinajstić information content (AvgIpc) is 2.71. The van der Waals surface area contributed by atoms with Crippen molar-refractivity contribution in [1.29, 1.82) is 0 Å². The van der Waals surface area contributed by atoms with Crippen LogP contribution in [0.15, 0.2) is 4.99 Å². The van der Waals surface area contributed by atoms with Crippen LogP contribution in [0.1, 0.15) is 66.2 Å². The fraction of sp³-hybridized carbons (Fsp3) is 0.957. The number of rotatable bonds is 9. The molecular formula is C23H49IN6. The molecule has 0 bridgehead atoms. The number of halogens is 1. The smallest absolute Gasteiger partial charge is 0.191 e. The summed E-state index contributed by atoms with van der Waals surface area (Å²) in [4.78, 5) is 12.3. The van der Waals surface area contributed by atoms with Gasteiger partial charge in [-0.3, -0.25) is 14.8 Å². The molecule has 0 unspecified atom stereocenters. The van der Waals surface area contributed by atoms with E-state index in [1.165, 1.54) is 58.3 Å². The van der Waals surface area contributed by atoms with Crippen molar-refractivity contribution in [2.45, 2.75) is 83.8 Å². The molecule has 2 rings (SSSR count). The lowest BCUT2D eigenvalue weighted by Gasteiger charge is -2.50. The summed E-state index contributed by atoms with van der Waals surface area (Å²) >= 11 is 0. The molecule has 0 atom stereocenters. The Kier molecular flexibility index (Phi) is 13.1. The van der Waals surface area contributed by atoms with Crippen LogP contribution in [0.25, 0.3) is 0 Å². The van der Waals surface area contributed by atoms with Crippen LogP contribution in [0.3, 0.4) is 0 Å². The van der Waals surface area contributed by atoms with Gasteiger partial charge in [0.05, 0.1) is 0 Å². The molecule has 0 spiro atoms. The highest BCUT2D eigenvalue weighted by Crippen LogP contribution is 2.30. The Hall–Kier alpha value is -0.120. The van der Waals surface area contributed by atoms with Crippen molar-refractivity contribution in [2.75, 3.05) is 59.9 Å². The summed E-state index contributed by atoms with van der Waals surface area (Å²) in [5, 5.41) is 7.25. The van der Waals surface area contributed by atoms with Gasteiger partial charge >= 0.3 is 0 Å². The van der Waals surface area contributed by atoms with Gasteiger partial charge in [-0.2, -0.15) is 0 Å². The molecule has 0 radical (unpaired) electrons. The third-order valence-electron chi connectivity index (χ3n) is 6.97. The molecule has 2 heterocycles. The monoisotopic (exact) mass is 536 g/mol. The summed E-state index contributed by atoms with van der Waals surface area (Å²) in [7, 11) is 4.15. The maximum absolute atomic E-state index is 4.50. The van der Waals surface area contributed by atoms with Crippen LogP contribution in [0.2, 0.25) is 0 Å². The molecule has 30 heavy (non-hydrogen) atoms. The first-order valence-corrected chi connectivity index (χ1v) is 12.0. The van der Waals surface area contributed by atoms with Crippen LogP contribution >= 0.6 is 24.0 Å². The molecule has 2 N–H and O–H groups in total. The molecule has 2 saturated heterocycles. The van der Waals surface area contributed by atoms with Gasteiger partial charge in [0.25, 0.3) is 0 Å². The summed E-state index contributed by atoms with van der Waals surface area (Å²) in [6.45, 7) is 17.2. The van der Waals surface area contributed by atoms with Crippen LogP contribution < -0.4 is 10.6 Å². The normalized spacial score (nSPS) is 21.2. The first kappa shape index (κ1) is 27.9. The third-order valence-corrected chi connectivity index (χ3v) is 6.97. The maximum Gasteiger partial charge on any atom is 0.191 e. The summed E-state index contributed by atoms with van der Waals surface area (Å²) in [5.74, 6) is 0.959. The van der Waals surface area contributed by atoms with Crippen LogP contribution in [0.5, 0.6) is 0 Å². The van der Waals surface area contributed by atoms with Crippen LogP contribution in [0.4, 0.5) is 0 Å². The quantitative estimate of drug-likeness (QED) is 0.205. The lowest BCUT2D eigenvalue weighted by Crippen LogP contribution is -2.62. The van der Waals surface area contributed by atoms with E-state index < -0.39 is 0 Å². The molecule has 7 heteroatoms. The molecule has 2 aliphatic heterocycles. The second-order valence-corrected chi connectivity index (χ2v) is 9.71. The van der Waals surface area contributed by atoms with E-state index in [0.717, 1.165) is 32.0 Å². The summed E-state index contributed by atoms with van der Waals surface area (Å²) in [6.07, 6.45) is 7.75. The predicted octanol–water partition coefficient (Wildman–Crippen LogP) is 3.23. The number of likely N-dealkylation sites (tertiary alicyclic amines) is 2. The van der Waals surface area contributed by atoms with E-state index in [2.05, 4.69) is 65.1 Å². The number of nitrogens with one attached hydrogen (secondary N) is 2. The Morgan fingerprint density at radius 2 is 1.57 bits per heavy atom. The molecular weight excluding hydrogens is 487 g/mol. The van der Waals surface area contributed by atoms with E-state index in [1.54, 1.807) is 0 Å². The Labute approximate surface area is 203 Å². The molecule has 6 nitrogen and oxygen atoms in total. The third kappa shape index (κ3) is 8.43. The number of nitrogens with zero attached hydrogens (tertiary/aromatic N) is 4. The van der Waals surface area contributed by atoms with E-state index in [4.69, 9.17) is 0 Å². The lowest BCUT2D eigenvalue weighted by atomic mass is 9.84. The number of aliphatic imine (C=N–C) groups is 1. The molecule has 0 aromatic rings. The second kappa shape index (κ2) is 14.1. The molecule has 0 saturated carbocycles. The van der Waals surface area contributed by atoms with Gasteiger partial charge in [0.15, 0.2) is 5.96 Å². The Morgan fingerprint density at radius 3 is 2.10 bits per heavy atom. The van der Waals surface area contributed by atoms with Gasteiger partial charge in [-0.15, -0.1) is 24.0 Å². The molecule has 0 aromatic carbocycles. The second-order valence-electron chi connectivity index (χ2n) is 9.71. The number of hydrogen-bond donors (Lipinski definition) is 2. The van der Waals surface area contributed by atoms with Gasteiger partial charge in [0.1, 0.15) is 0 Å². The van der Waals surface area contributed by atoms with Crippen molar-refractivity contribution in [3.63, 3.8) is 0 Å². The molecule has 2 aliphatic rings. The zero-order chi connectivity index (χ0) is 21.3. The Morgan fingerprint density at radius 1 is 0.967 bits per heavy atom. The van der Waals surface area contributed by atoms with E-state index in [9.17, 15) is 0 Å². The van der Waals surface area contributed by atoms with Crippen LogP contribution in [0, 0.1) is 0 Å². The van der Waals surface area contributed by atoms with Gasteiger partial charge in [-0.05, 0) is 93.0 Å². The van der Waals surface area contributed by atoms with Gasteiger partial charge in [-0.1, -0.05) is 6.42 Å². The van der Waals surface area contributed by atoms with Crippen LogP contribution in [-0.2, 0) is 0 Å². The van der Waals surface area contributed by atoms with E-state index >= 15 is 0 Å². The molecule has 178 valence electrons. The molecule has 0 amide bonds. The van der Waals surface area contributed by atoms with Crippen LogP contribution in [-0.4, -0.2) is 98.2 Å². The highest BCUT2D eigenvalue weighted by atomic mass is 127. The fourth-order valence-electron chi connectivity index (χ4n) is 5.06. The standard InChI is InChI=1S/C23H48N6.HI/c1-20(2)29(21(3)4)16-10-13-25-22(24-5)26-19-23(11-17-27(6)18-12-23)28-14-8-7-9-15-28;/h20-21H,7-19H2,1-6H3,(H2,24,25,26);1H. The minimum atomic E-state index is 0. The molecule has 0 aliphatic carbocycles. The van der Waals surface area contributed by atoms with E-state index in [1.807, 2.05) is 7.05 Å². The minimum Gasteiger partial charge on any atom is -0.356 e. The number of hydrogen-bond acceptors (Lipinski definition) is 4. The van der Waals surface area contributed by atoms with Gasteiger partial charge in [-0.25, -0.2) is 0 Å². The number of guanidine groups is 1. The highest BCUT2D eigenvalue weighted by molar-refractivity contribution is 14.0. The average molecular weight is 537 g/mol. The first-order valence-electron chi connectivity index (χ1n) is 12.0. The Balaban J connectivity index is 0.00000450. The minimum absolute atomic E-state index is 0. The van der Waals surface area contributed by atoms with E-state index in [0.29, 0.717) is 12.1 Å². The van der Waals surface area contributed by atoms with Gasteiger partial charge in [0.2, 0.25) is 0 Å². The molecule has 0 aromatic heterocycles. The van der Waals surface area contributed by atoms with Crippen molar-refractivity contribution in [2.24, 2.45) is 4.99 Å². The summed E-state index contributed by atoms with van der Waals surface area (Å²) < 4.78 is 0. The van der Waals surface area contributed by atoms with Crippen molar-refractivity contribution in [3.05, 3.63) is 0 Å². The predicted molar refractivity (Wildman–Crippen MR) is 141 cm³/mol. The van der Waals surface area contributed by atoms with Gasteiger partial charge in [0, 0.05) is 44.3 Å². The van der Waals surface area contributed by atoms with Crippen molar-refractivity contribution in [1.82, 2.24) is 25.3 Å². The maximum atomic E-state index is 4.50. The molecule has 2 fully saturated rings. The fourth-order valence-corrected chi connectivity index (χ4v) is 5.06. The zero-order valence-electron chi connectivity index (χ0n) is 20.5. The highest BCUT2D eigenvalue weighted by Gasteiger charge is 2.39. The number of piperidine rings is 2. The topological polar surface area (TPSA) is 46.1 Å². The van der Waals surface area contributed by atoms with Crippen molar-refractivity contribution < 1.29 is 0 Å².